The maximum Gasteiger partial charge on any atom is 0.241 e. The number of piperazine rings is 1. The molecule has 108 valence electrons. The molecule has 0 unspecified atom stereocenters. The van der Waals surface area contributed by atoms with Crippen LogP contribution in [0.1, 0.15) is 18.4 Å². The molecule has 0 spiro atoms. The molecule has 0 aromatic heterocycles. The molecule has 20 heavy (non-hydrogen) atoms. The Hall–Kier alpha value is -1.07. The number of likely N-dealkylation sites (N-methyl/N-ethyl adjacent to an activating group) is 1. The van der Waals surface area contributed by atoms with Crippen LogP contribution in [0.5, 0.6) is 0 Å². The molecule has 0 bridgehead atoms. The van der Waals surface area contributed by atoms with E-state index in [0.717, 1.165) is 24.1 Å². The normalized spacial score (nSPS) is 19.6. The van der Waals surface area contributed by atoms with Gasteiger partial charge in [-0.1, -0.05) is 15.9 Å². The fourth-order valence-electron chi connectivity index (χ4n) is 2.51. The Morgan fingerprint density at radius 1 is 1.35 bits per heavy atom. The van der Waals surface area contributed by atoms with E-state index < -0.39 is 0 Å². The molecule has 0 atom stereocenters. The second kappa shape index (κ2) is 5.74. The zero-order valence-corrected chi connectivity index (χ0v) is 13.3. The van der Waals surface area contributed by atoms with Crippen molar-refractivity contribution >= 4 is 27.5 Å². The second-order valence-electron chi connectivity index (χ2n) is 5.67. The fraction of sp³-hybridized carbons (Fsp3) is 0.533. The number of halogens is 1. The molecule has 0 radical (unpaired) electrons. The molecule has 2 aliphatic rings. The topological polar surface area (TPSA) is 35.6 Å². The van der Waals surface area contributed by atoms with Crippen molar-refractivity contribution in [3.8, 4) is 0 Å². The van der Waals surface area contributed by atoms with E-state index in [4.69, 9.17) is 0 Å². The summed E-state index contributed by atoms with van der Waals surface area (Å²) >= 11 is 3.54. The van der Waals surface area contributed by atoms with Crippen LogP contribution in [0.25, 0.3) is 0 Å². The van der Waals surface area contributed by atoms with Crippen LogP contribution in [-0.2, 0) is 11.3 Å². The lowest BCUT2D eigenvalue weighted by Crippen LogP contribution is -2.48. The summed E-state index contributed by atoms with van der Waals surface area (Å²) in [4.78, 5) is 15.9. The average molecular weight is 338 g/mol. The number of hydrogen-bond donors (Lipinski definition) is 1. The smallest absolute Gasteiger partial charge is 0.241 e. The maximum absolute atomic E-state index is 11.9. The molecule has 2 fully saturated rings. The van der Waals surface area contributed by atoms with Crippen molar-refractivity contribution in [2.45, 2.75) is 25.4 Å². The summed E-state index contributed by atoms with van der Waals surface area (Å²) in [7, 11) is 1.87. The van der Waals surface area contributed by atoms with Crippen molar-refractivity contribution in [1.29, 1.82) is 0 Å². The Morgan fingerprint density at radius 2 is 2.15 bits per heavy atom. The van der Waals surface area contributed by atoms with Crippen LogP contribution >= 0.6 is 15.9 Å². The molecule has 1 N–H and O–H groups in total. The minimum Gasteiger partial charge on any atom is -0.360 e. The van der Waals surface area contributed by atoms with Crippen molar-refractivity contribution in [3.63, 3.8) is 0 Å². The van der Waals surface area contributed by atoms with Crippen LogP contribution in [0.3, 0.4) is 0 Å². The first-order valence-corrected chi connectivity index (χ1v) is 7.93. The van der Waals surface area contributed by atoms with Gasteiger partial charge in [0, 0.05) is 42.9 Å². The van der Waals surface area contributed by atoms with E-state index in [-0.39, 0.29) is 5.91 Å². The summed E-state index contributed by atoms with van der Waals surface area (Å²) in [5.74, 6) is 0.195. The van der Waals surface area contributed by atoms with Gasteiger partial charge < -0.3 is 15.1 Å². The Bertz CT molecular complexity index is 516. The van der Waals surface area contributed by atoms with Gasteiger partial charge in [-0.3, -0.25) is 4.79 Å². The van der Waals surface area contributed by atoms with E-state index in [2.05, 4.69) is 44.3 Å². The van der Waals surface area contributed by atoms with Gasteiger partial charge in [0.15, 0.2) is 0 Å². The molecule has 1 aliphatic heterocycles. The van der Waals surface area contributed by atoms with Crippen LogP contribution in [-0.4, -0.2) is 43.5 Å². The molecule has 4 nitrogen and oxygen atoms in total. The summed E-state index contributed by atoms with van der Waals surface area (Å²) < 4.78 is 1.09. The number of nitrogens with zero attached hydrogens (tertiary/aromatic N) is 2. The molecule has 1 heterocycles. The van der Waals surface area contributed by atoms with Crippen LogP contribution < -0.4 is 10.2 Å². The van der Waals surface area contributed by atoms with Gasteiger partial charge in [0.2, 0.25) is 5.91 Å². The van der Waals surface area contributed by atoms with Crippen molar-refractivity contribution in [3.05, 3.63) is 28.2 Å². The molecule has 1 aliphatic carbocycles. The Morgan fingerprint density at radius 3 is 2.85 bits per heavy atom. The lowest BCUT2D eigenvalue weighted by atomic mass is 10.1. The number of nitrogens with one attached hydrogen (secondary N) is 1. The molecule has 5 heteroatoms. The number of benzene rings is 1. The summed E-state index contributed by atoms with van der Waals surface area (Å²) in [6.07, 6.45) is 2.58. The van der Waals surface area contributed by atoms with E-state index in [1.807, 2.05) is 7.05 Å². The van der Waals surface area contributed by atoms with Gasteiger partial charge in [-0.15, -0.1) is 0 Å². The van der Waals surface area contributed by atoms with Crippen molar-refractivity contribution in [2.24, 2.45) is 0 Å². The molecular formula is C15H20BrN3O. The maximum atomic E-state index is 11.9. The Balaban J connectivity index is 1.78. The first kappa shape index (κ1) is 13.9. The Labute approximate surface area is 128 Å². The predicted octanol–water partition coefficient (Wildman–Crippen LogP) is 1.98. The highest BCUT2D eigenvalue weighted by molar-refractivity contribution is 9.10. The zero-order chi connectivity index (χ0) is 14.1. The number of rotatable bonds is 4. The molecule has 3 rings (SSSR count). The zero-order valence-electron chi connectivity index (χ0n) is 11.7. The van der Waals surface area contributed by atoms with Gasteiger partial charge in [-0.25, -0.2) is 0 Å². The monoisotopic (exact) mass is 337 g/mol. The third-order valence-electron chi connectivity index (χ3n) is 4.00. The molecule has 1 amide bonds. The van der Waals surface area contributed by atoms with Gasteiger partial charge in [0.05, 0.1) is 6.54 Å². The van der Waals surface area contributed by atoms with Crippen LogP contribution in [0.15, 0.2) is 22.7 Å². The largest absolute Gasteiger partial charge is 0.360 e. The molecule has 1 aromatic rings. The highest BCUT2D eigenvalue weighted by Gasteiger charge is 2.24. The van der Waals surface area contributed by atoms with Crippen molar-refractivity contribution in [2.75, 3.05) is 31.6 Å². The van der Waals surface area contributed by atoms with E-state index in [0.29, 0.717) is 12.6 Å². The number of amides is 1. The quantitative estimate of drug-likeness (QED) is 0.912. The van der Waals surface area contributed by atoms with Gasteiger partial charge >= 0.3 is 0 Å². The molecule has 1 saturated heterocycles. The third-order valence-corrected chi connectivity index (χ3v) is 4.49. The minimum absolute atomic E-state index is 0.195. The number of carbonyl (C=O) groups is 1. The SMILES string of the molecule is CN1CCN(c2ccc(Br)cc2CNC2CC2)CC1=O. The number of anilines is 1. The molecule has 1 aromatic carbocycles. The van der Waals surface area contributed by atoms with E-state index in [9.17, 15) is 4.79 Å². The predicted molar refractivity (Wildman–Crippen MR) is 83.9 cm³/mol. The number of hydrogen-bond acceptors (Lipinski definition) is 3. The first-order chi connectivity index (χ1) is 9.63. The van der Waals surface area contributed by atoms with Crippen LogP contribution in [0.4, 0.5) is 5.69 Å². The summed E-state index contributed by atoms with van der Waals surface area (Å²) in [5, 5.41) is 3.56. The summed E-state index contributed by atoms with van der Waals surface area (Å²) in [6, 6.07) is 7.02. The van der Waals surface area contributed by atoms with Gasteiger partial charge in [0.1, 0.15) is 0 Å². The highest BCUT2D eigenvalue weighted by Crippen LogP contribution is 2.27. The average Bonchev–Trinajstić information content (AvgIpc) is 3.24. The standard InChI is InChI=1S/C15H20BrN3O/c1-18-6-7-19(10-15(18)20)14-5-2-12(16)8-11(14)9-17-13-3-4-13/h2,5,8,13,17H,3-4,6-7,9-10H2,1H3. The van der Waals surface area contributed by atoms with E-state index in [1.165, 1.54) is 24.1 Å². The van der Waals surface area contributed by atoms with Crippen molar-refractivity contribution < 1.29 is 4.79 Å². The molecule has 1 saturated carbocycles. The lowest BCUT2D eigenvalue weighted by Gasteiger charge is -2.34. The first-order valence-electron chi connectivity index (χ1n) is 7.14. The van der Waals surface area contributed by atoms with Gasteiger partial charge in [-0.05, 0) is 36.6 Å². The summed E-state index contributed by atoms with van der Waals surface area (Å²) in [5.41, 5.74) is 2.45. The fourth-order valence-corrected chi connectivity index (χ4v) is 2.92. The highest BCUT2D eigenvalue weighted by atomic mass is 79.9. The van der Waals surface area contributed by atoms with Crippen LogP contribution in [0, 0.1) is 0 Å². The van der Waals surface area contributed by atoms with E-state index >= 15 is 0 Å². The van der Waals surface area contributed by atoms with Gasteiger partial charge in [0.25, 0.3) is 0 Å². The minimum atomic E-state index is 0.195. The third kappa shape index (κ3) is 3.15. The van der Waals surface area contributed by atoms with Crippen molar-refractivity contribution in [1.82, 2.24) is 10.2 Å². The Kier molecular flexibility index (Phi) is 3.98. The molecular weight excluding hydrogens is 318 g/mol. The lowest BCUT2D eigenvalue weighted by molar-refractivity contribution is -0.129. The summed E-state index contributed by atoms with van der Waals surface area (Å²) in [6.45, 7) is 3.05. The van der Waals surface area contributed by atoms with Gasteiger partial charge in [-0.2, -0.15) is 0 Å². The number of carbonyl (C=O) groups excluding carboxylic acids is 1. The van der Waals surface area contributed by atoms with E-state index in [1.54, 1.807) is 4.90 Å². The second-order valence-corrected chi connectivity index (χ2v) is 6.58. The van der Waals surface area contributed by atoms with Crippen LogP contribution in [0.2, 0.25) is 0 Å².